The number of hydrogen-bond acceptors (Lipinski definition) is 4. The van der Waals surface area contributed by atoms with E-state index in [0.717, 1.165) is 0 Å². The van der Waals surface area contributed by atoms with Crippen LogP contribution in [-0.4, -0.2) is 25.2 Å². The van der Waals surface area contributed by atoms with E-state index in [1.54, 1.807) is 13.8 Å². The summed E-state index contributed by atoms with van der Waals surface area (Å²) in [4.78, 5) is 22.5. The topological polar surface area (TPSA) is 52.6 Å². The molecule has 0 aromatic heterocycles. The van der Waals surface area contributed by atoms with E-state index in [0.29, 0.717) is 26.1 Å². The van der Waals surface area contributed by atoms with Crippen LogP contribution in [0.5, 0.6) is 0 Å². The van der Waals surface area contributed by atoms with Crippen molar-refractivity contribution in [1.29, 1.82) is 0 Å². The minimum atomic E-state index is -0.203. The standard InChI is InChI=1S/C12H22O4/c1-5-15-11(13)8-7-9(3)10(4)12(14)16-6-2/h9-10H,5-8H2,1-4H3. The van der Waals surface area contributed by atoms with Gasteiger partial charge in [-0.3, -0.25) is 9.59 Å². The highest BCUT2D eigenvalue weighted by molar-refractivity contribution is 5.72. The van der Waals surface area contributed by atoms with Crippen LogP contribution in [0.25, 0.3) is 0 Å². The summed E-state index contributed by atoms with van der Waals surface area (Å²) in [5.74, 6) is -0.442. The van der Waals surface area contributed by atoms with Crippen molar-refractivity contribution in [2.24, 2.45) is 11.8 Å². The van der Waals surface area contributed by atoms with Crippen molar-refractivity contribution in [3.05, 3.63) is 0 Å². The molecule has 0 N–H and O–H groups in total. The molecule has 0 fully saturated rings. The van der Waals surface area contributed by atoms with E-state index in [-0.39, 0.29) is 23.8 Å². The zero-order chi connectivity index (χ0) is 12.6. The summed E-state index contributed by atoms with van der Waals surface area (Å²) in [6, 6.07) is 0. The largest absolute Gasteiger partial charge is 0.466 e. The fourth-order valence-corrected chi connectivity index (χ4v) is 1.33. The second-order valence-corrected chi connectivity index (χ2v) is 3.86. The van der Waals surface area contributed by atoms with E-state index in [4.69, 9.17) is 9.47 Å². The summed E-state index contributed by atoms with van der Waals surface area (Å²) in [5.41, 5.74) is 0. The molecule has 2 atom stereocenters. The molecule has 16 heavy (non-hydrogen) atoms. The van der Waals surface area contributed by atoms with Crippen molar-refractivity contribution in [2.45, 2.75) is 40.5 Å². The summed E-state index contributed by atoms with van der Waals surface area (Å²) in [6.45, 7) is 8.14. The van der Waals surface area contributed by atoms with Crippen LogP contribution < -0.4 is 0 Å². The van der Waals surface area contributed by atoms with E-state index in [1.807, 2.05) is 13.8 Å². The summed E-state index contributed by atoms with van der Waals surface area (Å²) in [5, 5.41) is 0. The monoisotopic (exact) mass is 230 g/mol. The van der Waals surface area contributed by atoms with Crippen LogP contribution in [0, 0.1) is 11.8 Å². The molecule has 0 heterocycles. The number of carbonyl (C=O) groups excluding carboxylic acids is 2. The first-order valence-corrected chi connectivity index (χ1v) is 5.85. The number of carbonyl (C=O) groups is 2. The van der Waals surface area contributed by atoms with E-state index < -0.39 is 0 Å². The minimum Gasteiger partial charge on any atom is -0.466 e. The Morgan fingerprint density at radius 1 is 1.06 bits per heavy atom. The maximum absolute atomic E-state index is 11.4. The van der Waals surface area contributed by atoms with Gasteiger partial charge in [0, 0.05) is 6.42 Å². The predicted molar refractivity (Wildman–Crippen MR) is 60.8 cm³/mol. The number of hydrogen-bond donors (Lipinski definition) is 0. The third kappa shape index (κ3) is 5.73. The van der Waals surface area contributed by atoms with Crippen LogP contribution >= 0.6 is 0 Å². The molecule has 0 saturated heterocycles. The fraction of sp³-hybridized carbons (Fsp3) is 0.833. The van der Waals surface area contributed by atoms with Crippen molar-refractivity contribution in [1.82, 2.24) is 0 Å². The van der Waals surface area contributed by atoms with Crippen molar-refractivity contribution in [2.75, 3.05) is 13.2 Å². The molecule has 2 unspecified atom stereocenters. The zero-order valence-corrected chi connectivity index (χ0v) is 10.6. The average Bonchev–Trinajstić information content (AvgIpc) is 2.25. The molecular weight excluding hydrogens is 208 g/mol. The van der Waals surface area contributed by atoms with Gasteiger partial charge in [0.2, 0.25) is 0 Å². The fourth-order valence-electron chi connectivity index (χ4n) is 1.33. The number of rotatable bonds is 7. The van der Waals surface area contributed by atoms with Gasteiger partial charge < -0.3 is 9.47 Å². The Bertz CT molecular complexity index is 225. The normalized spacial score (nSPS) is 14.0. The van der Waals surface area contributed by atoms with Crippen LogP contribution in [0.3, 0.4) is 0 Å². The first-order chi connectivity index (χ1) is 7.52. The van der Waals surface area contributed by atoms with E-state index >= 15 is 0 Å². The van der Waals surface area contributed by atoms with Gasteiger partial charge >= 0.3 is 11.9 Å². The molecule has 0 aliphatic rings. The van der Waals surface area contributed by atoms with Gasteiger partial charge in [-0.25, -0.2) is 0 Å². The summed E-state index contributed by atoms with van der Waals surface area (Å²) in [7, 11) is 0. The smallest absolute Gasteiger partial charge is 0.308 e. The SMILES string of the molecule is CCOC(=O)CCC(C)C(C)C(=O)OCC. The van der Waals surface area contributed by atoms with Gasteiger partial charge in [0.15, 0.2) is 0 Å². The van der Waals surface area contributed by atoms with Crippen molar-refractivity contribution >= 4 is 11.9 Å². The first kappa shape index (κ1) is 14.9. The molecule has 0 aromatic carbocycles. The second kappa shape index (κ2) is 8.13. The van der Waals surface area contributed by atoms with Gasteiger partial charge in [0.25, 0.3) is 0 Å². The van der Waals surface area contributed by atoms with Crippen molar-refractivity contribution in [3.8, 4) is 0 Å². The number of esters is 2. The Balaban J connectivity index is 3.91. The maximum Gasteiger partial charge on any atom is 0.308 e. The summed E-state index contributed by atoms with van der Waals surface area (Å²) < 4.78 is 9.75. The first-order valence-electron chi connectivity index (χ1n) is 5.85. The third-order valence-electron chi connectivity index (χ3n) is 2.62. The van der Waals surface area contributed by atoms with E-state index in [9.17, 15) is 9.59 Å². The van der Waals surface area contributed by atoms with Crippen LogP contribution in [0.15, 0.2) is 0 Å². The van der Waals surface area contributed by atoms with Crippen LogP contribution in [-0.2, 0) is 19.1 Å². The van der Waals surface area contributed by atoms with Gasteiger partial charge in [-0.15, -0.1) is 0 Å². The van der Waals surface area contributed by atoms with Gasteiger partial charge in [0.05, 0.1) is 19.1 Å². The highest BCUT2D eigenvalue weighted by atomic mass is 16.5. The molecule has 4 heteroatoms. The van der Waals surface area contributed by atoms with Crippen molar-refractivity contribution < 1.29 is 19.1 Å². The molecule has 0 rings (SSSR count). The van der Waals surface area contributed by atoms with Gasteiger partial charge in [-0.2, -0.15) is 0 Å². The lowest BCUT2D eigenvalue weighted by Gasteiger charge is -2.17. The lowest BCUT2D eigenvalue weighted by atomic mass is 9.92. The molecule has 0 radical (unpaired) electrons. The molecule has 0 amide bonds. The van der Waals surface area contributed by atoms with E-state index in [2.05, 4.69) is 0 Å². The van der Waals surface area contributed by atoms with Crippen molar-refractivity contribution in [3.63, 3.8) is 0 Å². The molecule has 0 spiro atoms. The Kier molecular flexibility index (Phi) is 7.60. The van der Waals surface area contributed by atoms with Gasteiger partial charge in [-0.1, -0.05) is 13.8 Å². The number of ether oxygens (including phenoxy) is 2. The van der Waals surface area contributed by atoms with Crippen LogP contribution in [0.1, 0.15) is 40.5 Å². The molecule has 0 aliphatic heterocycles. The lowest BCUT2D eigenvalue weighted by molar-refractivity contribution is -0.150. The Hall–Kier alpha value is -1.06. The Morgan fingerprint density at radius 2 is 1.62 bits per heavy atom. The van der Waals surface area contributed by atoms with Gasteiger partial charge in [-0.05, 0) is 26.2 Å². The molecular formula is C12H22O4. The molecule has 94 valence electrons. The van der Waals surface area contributed by atoms with Crippen LogP contribution in [0.2, 0.25) is 0 Å². The van der Waals surface area contributed by atoms with Crippen LogP contribution in [0.4, 0.5) is 0 Å². The highest BCUT2D eigenvalue weighted by Gasteiger charge is 2.21. The minimum absolute atomic E-state index is 0.128. The average molecular weight is 230 g/mol. The van der Waals surface area contributed by atoms with E-state index in [1.165, 1.54) is 0 Å². The molecule has 0 aliphatic carbocycles. The molecule has 4 nitrogen and oxygen atoms in total. The second-order valence-electron chi connectivity index (χ2n) is 3.86. The lowest BCUT2D eigenvalue weighted by Crippen LogP contribution is -2.22. The summed E-state index contributed by atoms with van der Waals surface area (Å²) in [6.07, 6.45) is 1.01. The Morgan fingerprint density at radius 3 is 2.12 bits per heavy atom. The molecule has 0 bridgehead atoms. The third-order valence-corrected chi connectivity index (χ3v) is 2.62. The maximum atomic E-state index is 11.4. The van der Waals surface area contributed by atoms with Gasteiger partial charge in [0.1, 0.15) is 0 Å². The zero-order valence-electron chi connectivity index (χ0n) is 10.6. The summed E-state index contributed by atoms with van der Waals surface area (Å²) >= 11 is 0. The quantitative estimate of drug-likeness (QED) is 0.629. The molecule has 0 aromatic rings. The molecule has 0 saturated carbocycles. The predicted octanol–water partition coefficient (Wildman–Crippen LogP) is 2.17. The Labute approximate surface area is 97.3 Å². The highest BCUT2D eigenvalue weighted by Crippen LogP contribution is 2.18.